The second-order valence-corrected chi connectivity index (χ2v) is 5.64. The quantitative estimate of drug-likeness (QED) is 0.751. The monoisotopic (exact) mass is 333 g/mol. The Labute approximate surface area is 146 Å². The minimum absolute atomic E-state index is 0.141. The Balaban J connectivity index is 1.64. The van der Waals surface area contributed by atoms with Gasteiger partial charge < -0.3 is 10.2 Å². The van der Waals surface area contributed by atoms with Gasteiger partial charge in [0.15, 0.2) is 0 Å². The summed E-state index contributed by atoms with van der Waals surface area (Å²) in [6.07, 6.45) is 4.88. The first kappa shape index (κ1) is 16.6. The zero-order chi connectivity index (χ0) is 17.5. The second kappa shape index (κ2) is 8.01. The molecule has 0 atom stereocenters. The van der Waals surface area contributed by atoms with E-state index in [1.807, 2.05) is 42.5 Å². The standard InChI is InChI=1S/C19H19N5O/c1-24(13-16-5-3-2-4-6-16)19(25)17-11-18(23-14-22-17)21-12-15-7-9-20-10-8-15/h2-11,14H,12-13H2,1H3,(H,21,22,23). The van der Waals surface area contributed by atoms with Gasteiger partial charge in [0, 0.05) is 38.6 Å². The number of rotatable bonds is 6. The lowest BCUT2D eigenvalue weighted by Crippen LogP contribution is -2.27. The Bertz CT molecular complexity index is 823. The largest absolute Gasteiger partial charge is 0.366 e. The Morgan fingerprint density at radius 2 is 1.80 bits per heavy atom. The zero-order valence-electron chi connectivity index (χ0n) is 14.0. The van der Waals surface area contributed by atoms with Crippen LogP contribution >= 0.6 is 0 Å². The van der Waals surface area contributed by atoms with Crippen molar-refractivity contribution in [3.8, 4) is 0 Å². The number of nitrogens with one attached hydrogen (secondary N) is 1. The van der Waals surface area contributed by atoms with Gasteiger partial charge in [-0.15, -0.1) is 0 Å². The van der Waals surface area contributed by atoms with Crippen molar-refractivity contribution in [2.75, 3.05) is 12.4 Å². The van der Waals surface area contributed by atoms with Gasteiger partial charge >= 0.3 is 0 Å². The highest BCUT2D eigenvalue weighted by Crippen LogP contribution is 2.10. The lowest BCUT2D eigenvalue weighted by Gasteiger charge is -2.17. The molecule has 0 saturated heterocycles. The summed E-state index contributed by atoms with van der Waals surface area (Å²) in [5, 5.41) is 3.20. The number of carbonyl (C=O) groups excluding carboxylic acids is 1. The lowest BCUT2D eigenvalue weighted by atomic mass is 10.2. The molecule has 6 heteroatoms. The molecule has 25 heavy (non-hydrogen) atoms. The molecule has 1 N–H and O–H groups in total. The van der Waals surface area contributed by atoms with Gasteiger partial charge in [-0.05, 0) is 23.3 Å². The van der Waals surface area contributed by atoms with Crippen molar-refractivity contribution in [3.63, 3.8) is 0 Å². The Morgan fingerprint density at radius 1 is 1.04 bits per heavy atom. The molecule has 0 aliphatic carbocycles. The lowest BCUT2D eigenvalue weighted by molar-refractivity contribution is 0.0779. The second-order valence-electron chi connectivity index (χ2n) is 5.64. The molecular weight excluding hydrogens is 314 g/mol. The Hall–Kier alpha value is -3.28. The van der Waals surface area contributed by atoms with Gasteiger partial charge in [0.1, 0.15) is 17.8 Å². The van der Waals surface area contributed by atoms with Gasteiger partial charge in [-0.2, -0.15) is 0 Å². The Kier molecular flexibility index (Phi) is 5.31. The van der Waals surface area contributed by atoms with Crippen LogP contribution in [0.15, 0.2) is 67.3 Å². The van der Waals surface area contributed by atoms with Crippen LogP contribution in [-0.2, 0) is 13.1 Å². The normalized spacial score (nSPS) is 10.3. The molecule has 0 radical (unpaired) electrons. The number of carbonyl (C=O) groups is 1. The molecule has 3 rings (SSSR count). The fraction of sp³-hybridized carbons (Fsp3) is 0.158. The van der Waals surface area contributed by atoms with Crippen molar-refractivity contribution >= 4 is 11.7 Å². The third kappa shape index (κ3) is 4.60. The molecule has 0 aliphatic rings. The average molecular weight is 333 g/mol. The Morgan fingerprint density at radius 3 is 2.56 bits per heavy atom. The van der Waals surface area contributed by atoms with Crippen molar-refractivity contribution in [2.45, 2.75) is 13.1 Å². The number of amides is 1. The summed E-state index contributed by atoms with van der Waals surface area (Å²) in [5.74, 6) is 0.474. The number of hydrogen-bond donors (Lipinski definition) is 1. The van der Waals surface area contributed by atoms with Gasteiger partial charge in [0.25, 0.3) is 5.91 Å². The molecule has 6 nitrogen and oxygen atoms in total. The van der Waals surface area contributed by atoms with Gasteiger partial charge in [0.2, 0.25) is 0 Å². The van der Waals surface area contributed by atoms with Gasteiger partial charge in [0.05, 0.1) is 0 Å². The molecule has 2 heterocycles. The highest BCUT2D eigenvalue weighted by Gasteiger charge is 2.14. The molecule has 0 saturated carbocycles. The SMILES string of the molecule is CN(Cc1ccccc1)C(=O)c1cc(NCc2ccncc2)ncn1. The predicted molar refractivity (Wildman–Crippen MR) is 95.8 cm³/mol. The van der Waals surface area contributed by atoms with Crippen molar-refractivity contribution < 1.29 is 4.79 Å². The van der Waals surface area contributed by atoms with E-state index in [2.05, 4.69) is 20.3 Å². The number of anilines is 1. The van der Waals surface area contributed by atoms with E-state index in [9.17, 15) is 4.79 Å². The molecule has 1 amide bonds. The van der Waals surface area contributed by atoms with Gasteiger partial charge in [-0.3, -0.25) is 9.78 Å². The molecule has 1 aromatic carbocycles. The van der Waals surface area contributed by atoms with Crippen LogP contribution in [-0.4, -0.2) is 32.8 Å². The van der Waals surface area contributed by atoms with Crippen molar-refractivity contribution in [2.24, 2.45) is 0 Å². The van der Waals surface area contributed by atoms with Crippen LogP contribution in [0, 0.1) is 0 Å². The fourth-order valence-corrected chi connectivity index (χ4v) is 2.39. The maximum atomic E-state index is 12.6. The summed E-state index contributed by atoms with van der Waals surface area (Å²) < 4.78 is 0. The van der Waals surface area contributed by atoms with E-state index >= 15 is 0 Å². The first-order valence-electron chi connectivity index (χ1n) is 7.96. The predicted octanol–water partition coefficient (Wildman–Crippen LogP) is 2.76. The number of nitrogens with zero attached hydrogens (tertiary/aromatic N) is 4. The minimum atomic E-state index is -0.141. The summed E-state index contributed by atoms with van der Waals surface area (Å²) >= 11 is 0. The number of benzene rings is 1. The van der Waals surface area contributed by atoms with Crippen LogP contribution < -0.4 is 5.32 Å². The molecule has 3 aromatic rings. The highest BCUT2D eigenvalue weighted by atomic mass is 16.2. The number of pyridine rings is 1. The first-order chi connectivity index (χ1) is 12.2. The molecule has 126 valence electrons. The van der Waals surface area contributed by atoms with Crippen LogP contribution in [0.5, 0.6) is 0 Å². The van der Waals surface area contributed by atoms with Crippen LogP contribution in [0.1, 0.15) is 21.6 Å². The molecule has 0 unspecified atom stereocenters. The van der Waals surface area contributed by atoms with Crippen LogP contribution in [0.3, 0.4) is 0 Å². The van der Waals surface area contributed by atoms with Gasteiger partial charge in [-0.1, -0.05) is 30.3 Å². The van der Waals surface area contributed by atoms with Crippen molar-refractivity contribution in [3.05, 3.63) is 84.1 Å². The summed E-state index contributed by atoms with van der Waals surface area (Å²) in [4.78, 5) is 26.5. The summed E-state index contributed by atoms with van der Waals surface area (Å²) in [6, 6.07) is 15.4. The molecule has 0 fully saturated rings. The zero-order valence-corrected chi connectivity index (χ0v) is 14.0. The van der Waals surface area contributed by atoms with E-state index in [4.69, 9.17) is 0 Å². The average Bonchev–Trinajstić information content (AvgIpc) is 2.67. The molecule has 0 aliphatic heterocycles. The third-order valence-corrected chi connectivity index (χ3v) is 3.72. The van der Waals surface area contributed by atoms with E-state index in [0.717, 1.165) is 11.1 Å². The van der Waals surface area contributed by atoms with Crippen LogP contribution in [0.4, 0.5) is 5.82 Å². The molecular formula is C19H19N5O. The summed E-state index contributed by atoms with van der Waals surface area (Å²) in [5.41, 5.74) is 2.52. The van der Waals surface area contributed by atoms with E-state index in [1.54, 1.807) is 30.4 Å². The van der Waals surface area contributed by atoms with Crippen molar-refractivity contribution in [1.29, 1.82) is 0 Å². The molecule has 2 aromatic heterocycles. The van der Waals surface area contributed by atoms with Gasteiger partial charge in [-0.25, -0.2) is 9.97 Å². The maximum Gasteiger partial charge on any atom is 0.272 e. The van der Waals surface area contributed by atoms with E-state index in [1.165, 1.54) is 6.33 Å². The highest BCUT2D eigenvalue weighted by molar-refractivity contribution is 5.92. The molecule has 0 bridgehead atoms. The van der Waals surface area contributed by atoms with E-state index in [0.29, 0.717) is 24.6 Å². The van der Waals surface area contributed by atoms with Crippen molar-refractivity contribution in [1.82, 2.24) is 19.9 Å². The first-order valence-corrected chi connectivity index (χ1v) is 7.96. The van der Waals surface area contributed by atoms with E-state index in [-0.39, 0.29) is 5.91 Å². The smallest absolute Gasteiger partial charge is 0.272 e. The maximum absolute atomic E-state index is 12.6. The summed E-state index contributed by atoms with van der Waals surface area (Å²) in [7, 11) is 1.77. The van der Waals surface area contributed by atoms with Crippen LogP contribution in [0.25, 0.3) is 0 Å². The number of aromatic nitrogens is 3. The third-order valence-electron chi connectivity index (χ3n) is 3.72. The molecule has 0 spiro atoms. The fourth-order valence-electron chi connectivity index (χ4n) is 2.39. The minimum Gasteiger partial charge on any atom is -0.366 e. The summed E-state index contributed by atoms with van der Waals surface area (Å²) in [6.45, 7) is 1.14. The van der Waals surface area contributed by atoms with Crippen LogP contribution in [0.2, 0.25) is 0 Å². The number of hydrogen-bond acceptors (Lipinski definition) is 5. The topological polar surface area (TPSA) is 71.0 Å². The van der Waals surface area contributed by atoms with E-state index < -0.39 is 0 Å².